The monoisotopic (exact) mass is 450 g/mol. The molecule has 0 saturated heterocycles. The van der Waals surface area contributed by atoms with E-state index >= 15 is 0 Å². The van der Waals surface area contributed by atoms with Crippen LogP contribution in [0.2, 0.25) is 0 Å². The maximum absolute atomic E-state index is 12.7. The van der Waals surface area contributed by atoms with Crippen molar-refractivity contribution in [3.63, 3.8) is 0 Å². The predicted molar refractivity (Wildman–Crippen MR) is 123 cm³/mol. The van der Waals surface area contributed by atoms with Gasteiger partial charge in [-0.1, -0.05) is 12.1 Å². The van der Waals surface area contributed by atoms with Crippen molar-refractivity contribution in [2.45, 2.75) is 26.0 Å². The molecular formula is C24H26N4O5. The van der Waals surface area contributed by atoms with Crippen molar-refractivity contribution < 1.29 is 23.8 Å². The molecule has 9 nitrogen and oxygen atoms in total. The van der Waals surface area contributed by atoms with Gasteiger partial charge < -0.3 is 24.8 Å². The Balaban J connectivity index is 1.56. The lowest BCUT2D eigenvalue weighted by Crippen LogP contribution is -2.24. The molecule has 0 radical (unpaired) electrons. The standard InChI is InChI=1S/C24H26N4O5/c1-4-33-18-11-7-16(8-12-18)25-21(29)13-20-24(30)26-23-22(19(14-31-2)27-28(20)23)15-5-9-17(32-3)10-6-15/h5-12,20H,4,13-14H2,1-3H3,(H,25,29)(H,26,30). The SMILES string of the molecule is CCOc1ccc(NC(=O)CC2C(=O)Nc3c(-c4ccc(OC)cc4)c(COC)nn32)cc1. The smallest absolute Gasteiger partial charge is 0.251 e. The number of anilines is 2. The zero-order valence-electron chi connectivity index (χ0n) is 18.8. The number of carbonyl (C=O) groups is 2. The molecule has 1 atom stereocenters. The zero-order valence-corrected chi connectivity index (χ0v) is 18.8. The summed E-state index contributed by atoms with van der Waals surface area (Å²) in [6, 6.07) is 13.8. The van der Waals surface area contributed by atoms with Gasteiger partial charge in [-0.2, -0.15) is 5.10 Å². The van der Waals surface area contributed by atoms with Crippen LogP contribution in [0.5, 0.6) is 11.5 Å². The lowest BCUT2D eigenvalue weighted by atomic mass is 10.1. The van der Waals surface area contributed by atoms with Gasteiger partial charge in [0.2, 0.25) is 5.91 Å². The van der Waals surface area contributed by atoms with Crippen molar-refractivity contribution in [3.8, 4) is 22.6 Å². The minimum Gasteiger partial charge on any atom is -0.497 e. The van der Waals surface area contributed by atoms with Gasteiger partial charge in [0.05, 0.1) is 32.4 Å². The largest absolute Gasteiger partial charge is 0.497 e. The molecule has 0 saturated carbocycles. The molecule has 2 N–H and O–H groups in total. The van der Waals surface area contributed by atoms with Crippen LogP contribution in [0.4, 0.5) is 11.5 Å². The van der Waals surface area contributed by atoms with Crippen LogP contribution < -0.4 is 20.1 Å². The fraction of sp³-hybridized carbons (Fsp3) is 0.292. The molecule has 0 aliphatic carbocycles. The Labute approximate surface area is 191 Å². The second kappa shape index (κ2) is 9.74. The van der Waals surface area contributed by atoms with Gasteiger partial charge in [-0.3, -0.25) is 9.59 Å². The number of amides is 2. The summed E-state index contributed by atoms with van der Waals surface area (Å²) < 4.78 is 17.5. The topological polar surface area (TPSA) is 104 Å². The third kappa shape index (κ3) is 4.68. The van der Waals surface area contributed by atoms with Gasteiger partial charge in [-0.15, -0.1) is 0 Å². The number of ether oxygens (including phenoxy) is 3. The molecule has 1 aliphatic heterocycles. The normalized spacial score (nSPS) is 14.5. The van der Waals surface area contributed by atoms with Crippen LogP contribution in [0.15, 0.2) is 48.5 Å². The number of benzene rings is 2. The first-order valence-corrected chi connectivity index (χ1v) is 10.6. The quantitative estimate of drug-likeness (QED) is 0.516. The maximum atomic E-state index is 12.7. The van der Waals surface area contributed by atoms with Crippen molar-refractivity contribution in [2.24, 2.45) is 0 Å². The minimum absolute atomic E-state index is 0.0534. The molecule has 33 heavy (non-hydrogen) atoms. The van der Waals surface area contributed by atoms with Crippen molar-refractivity contribution in [3.05, 3.63) is 54.2 Å². The molecule has 4 rings (SSSR count). The summed E-state index contributed by atoms with van der Waals surface area (Å²) in [7, 11) is 3.19. The van der Waals surface area contributed by atoms with E-state index in [1.54, 1.807) is 43.2 Å². The van der Waals surface area contributed by atoms with E-state index in [1.807, 2.05) is 31.2 Å². The molecular weight excluding hydrogens is 424 g/mol. The first-order valence-electron chi connectivity index (χ1n) is 10.6. The third-order valence-corrected chi connectivity index (χ3v) is 5.31. The van der Waals surface area contributed by atoms with Gasteiger partial charge in [0.25, 0.3) is 5.91 Å². The number of hydrogen-bond acceptors (Lipinski definition) is 6. The van der Waals surface area contributed by atoms with E-state index < -0.39 is 6.04 Å². The van der Waals surface area contributed by atoms with Crippen molar-refractivity contribution >= 4 is 23.3 Å². The molecule has 172 valence electrons. The van der Waals surface area contributed by atoms with Crippen molar-refractivity contribution in [2.75, 3.05) is 31.5 Å². The Kier molecular flexibility index (Phi) is 6.60. The van der Waals surface area contributed by atoms with E-state index in [0.29, 0.717) is 23.8 Å². The molecule has 0 fully saturated rings. The zero-order chi connectivity index (χ0) is 23.4. The molecule has 2 aromatic carbocycles. The number of fused-ring (bicyclic) bond motifs is 1. The predicted octanol–water partition coefficient (Wildman–Crippen LogP) is 3.63. The summed E-state index contributed by atoms with van der Waals surface area (Å²) in [5.74, 6) is 1.43. The van der Waals surface area contributed by atoms with E-state index in [2.05, 4.69) is 15.7 Å². The molecule has 1 aromatic heterocycles. The van der Waals surface area contributed by atoms with Gasteiger partial charge >= 0.3 is 0 Å². The Morgan fingerprint density at radius 3 is 2.42 bits per heavy atom. The minimum atomic E-state index is -0.759. The van der Waals surface area contributed by atoms with Crippen LogP contribution in [0.25, 0.3) is 11.1 Å². The summed E-state index contributed by atoms with van der Waals surface area (Å²) in [5, 5.41) is 10.3. The summed E-state index contributed by atoms with van der Waals surface area (Å²) >= 11 is 0. The maximum Gasteiger partial charge on any atom is 0.251 e. The van der Waals surface area contributed by atoms with Crippen LogP contribution in [-0.4, -0.2) is 42.4 Å². The molecule has 1 unspecified atom stereocenters. The average Bonchev–Trinajstić information content (AvgIpc) is 3.30. The summed E-state index contributed by atoms with van der Waals surface area (Å²) in [5.41, 5.74) is 2.93. The molecule has 0 bridgehead atoms. The summed E-state index contributed by atoms with van der Waals surface area (Å²) in [6.45, 7) is 2.74. The molecule has 2 amide bonds. The first kappa shape index (κ1) is 22.3. The fourth-order valence-electron chi connectivity index (χ4n) is 3.80. The van der Waals surface area contributed by atoms with Gasteiger partial charge in [-0.25, -0.2) is 4.68 Å². The molecule has 0 spiro atoms. The fourth-order valence-corrected chi connectivity index (χ4v) is 3.80. The average molecular weight is 450 g/mol. The second-order valence-electron chi connectivity index (χ2n) is 7.49. The number of hydrogen-bond donors (Lipinski definition) is 2. The third-order valence-electron chi connectivity index (χ3n) is 5.31. The van der Waals surface area contributed by atoms with Crippen LogP contribution in [-0.2, 0) is 20.9 Å². The molecule has 3 aromatic rings. The van der Waals surface area contributed by atoms with Crippen LogP contribution in [0.1, 0.15) is 25.1 Å². The Bertz CT molecular complexity index is 1140. The van der Waals surface area contributed by atoms with E-state index in [9.17, 15) is 9.59 Å². The van der Waals surface area contributed by atoms with Crippen LogP contribution in [0.3, 0.4) is 0 Å². The van der Waals surface area contributed by atoms with E-state index in [4.69, 9.17) is 14.2 Å². The highest BCUT2D eigenvalue weighted by atomic mass is 16.5. The molecule has 9 heteroatoms. The summed E-state index contributed by atoms with van der Waals surface area (Å²) in [4.78, 5) is 25.4. The number of nitrogens with zero attached hydrogens (tertiary/aromatic N) is 2. The van der Waals surface area contributed by atoms with E-state index in [0.717, 1.165) is 22.6 Å². The van der Waals surface area contributed by atoms with Gasteiger partial charge in [0.1, 0.15) is 23.4 Å². The first-order chi connectivity index (χ1) is 16.0. The number of methoxy groups -OCH3 is 2. The van der Waals surface area contributed by atoms with Crippen LogP contribution >= 0.6 is 0 Å². The number of rotatable bonds is 9. The summed E-state index contributed by atoms with van der Waals surface area (Å²) in [6.07, 6.45) is -0.0534. The number of carbonyl (C=O) groups excluding carboxylic acids is 2. The van der Waals surface area contributed by atoms with Crippen molar-refractivity contribution in [1.82, 2.24) is 9.78 Å². The van der Waals surface area contributed by atoms with E-state index in [-0.39, 0.29) is 24.8 Å². The number of nitrogens with one attached hydrogen (secondary N) is 2. The molecule has 2 heterocycles. The highest BCUT2D eigenvalue weighted by Gasteiger charge is 2.37. The Hall–Kier alpha value is -3.85. The van der Waals surface area contributed by atoms with Crippen molar-refractivity contribution in [1.29, 1.82) is 0 Å². The van der Waals surface area contributed by atoms with Gasteiger partial charge in [0, 0.05) is 18.4 Å². The highest BCUT2D eigenvalue weighted by molar-refractivity contribution is 6.04. The lowest BCUT2D eigenvalue weighted by Gasteiger charge is -2.11. The Morgan fingerprint density at radius 2 is 1.79 bits per heavy atom. The van der Waals surface area contributed by atoms with Gasteiger partial charge in [-0.05, 0) is 48.9 Å². The lowest BCUT2D eigenvalue weighted by molar-refractivity contribution is -0.123. The van der Waals surface area contributed by atoms with Crippen LogP contribution in [0, 0.1) is 0 Å². The van der Waals surface area contributed by atoms with E-state index in [1.165, 1.54) is 0 Å². The second-order valence-corrected chi connectivity index (χ2v) is 7.49. The highest BCUT2D eigenvalue weighted by Crippen LogP contribution is 2.39. The Morgan fingerprint density at radius 1 is 1.09 bits per heavy atom. The molecule has 1 aliphatic rings. The number of aromatic nitrogens is 2. The van der Waals surface area contributed by atoms with Gasteiger partial charge in [0.15, 0.2) is 0 Å².